The fraction of sp³-hybridized carbons (Fsp3) is 0.867. The Hall–Kier alpha value is -2.11. The molecule has 0 aromatic carbocycles. The molecule has 0 saturated carbocycles. The summed E-state index contributed by atoms with van der Waals surface area (Å²) in [6, 6.07) is -2.58. The van der Waals surface area contributed by atoms with E-state index in [4.69, 9.17) is 4.74 Å². The highest BCUT2D eigenvalue weighted by molar-refractivity contribution is 7.89. The number of amides is 5. The van der Waals surface area contributed by atoms with Gasteiger partial charge in [-0.3, -0.25) is 4.79 Å². The van der Waals surface area contributed by atoms with Crippen LogP contribution < -0.4 is 5.32 Å². The van der Waals surface area contributed by atoms with Crippen molar-refractivity contribution in [2.45, 2.75) is 155 Å². The van der Waals surface area contributed by atoms with Crippen molar-refractivity contribution < 1.29 is 36.7 Å². The Morgan fingerprint density at radius 2 is 1.27 bits per heavy atom. The molecule has 14 heteroatoms. The molecule has 0 aliphatic carbocycles. The number of nitrogens with one attached hydrogen (secondary N) is 1. The molecule has 1 saturated heterocycles. The summed E-state index contributed by atoms with van der Waals surface area (Å²) in [6.07, 6.45) is 17.6. The first kappa shape index (κ1) is 38.1. The molecule has 1 N–H and O–H groups in total. The molecule has 2 heterocycles. The third-order valence-electron chi connectivity index (χ3n) is 8.20. The average molecular weight is 661 g/mol. The van der Waals surface area contributed by atoms with E-state index in [2.05, 4.69) is 24.2 Å². The highest BCUT2D eigenvalue weighted by Crippen LogP contribution is 2.38. The highest BCUT2D eigenvalue weighted by atomic mass is 32.2. The number of fused-ring (bicyclic) bond motifs is 1. The molecular weight excluding hydrogens is 607 g/mol. The molecule has 5 amide bonds. The van der Waals surface area contributed by atoms with Gasteiger partial charge in [-0.1, -0.05) is 117 Å². The number of carbonyl (C=O) groups excluding carboxylic acids is 3. The fourth-order valence-corrected chi connectivity index (χ4v) is 8.14. The molecule has 2 atom stereocenters. The fourth-order valence-electron chi connectivity index (χ4n) is 5.86. The molecule has 2 aliphatic rings. The van der Waals surface area contributed by atoms with E-state index >= 15 is 0 Å². The second-order valence-electron chi connectivity index (χ2n) is 12.0. The molecule has 0 bridgehead atoms. The molecule has 252 valence electrons. The van der Waals surface area contributed by atoms with Crippen molar-refractivity contribution in [3.8, 4) is 0 Å². The van der Waals surface area contributed by atoms with Crippen molar-refractivity contribution in [1.29, 1.82) is 0 Å². The minimum absolute atomic E-state index is 0.158. The Morgan fingerprint density at radius 3 is 1.77 bits per heavy atom. The first-order chi connectivity index (χ1) is 21.0. The number of unbranched alkanes of at least 4 members (excludes halogenated alkanes) is 16. The van der Waals surface area contributed by atoms with Gasteiger partial charge in [0.1, 0.15) is 0 Å². The maximum absolute atomic E-state index is 13.7. The van der Waals surface area contributed by atoms with Crippen LogP contribution in [0.15, 0.2) is 4.99 Å². The van der Waals surface area contributed by atoms with Gasteiger partial charge in [-0.2, -0.15) is 9.30 Å². The van der Waals surface area contributed by atoms with E-state index in [1.54, 1.807) is 6.92 Å². The largest absolute Gasteiger partial charge is 0.438 e. The summed E-state index contributed by atoms with van der Waals surface area (Å²) < 4.78 is 57.3. The summed E-state index contributed by atoms with van der Waals surface area (Å²) in [5.41, 5.74) is -2.81. The lowest BCUT2D eigenvalue weighted by molar-refractivity contribution is -0.120. The maximum Gasteiger partial charge on any atom is 0.438 e. The van der Waals surface area contributed by atoms with Gasteiger partial charge in [0.15, 0.2) is 11.4 Å². The summed E-state index contributed by atoms with van der Waals surface area (Å²) in [6.45, 7) is 6.38. The highest BCUT2D eigenvalue weighted by Gasteiger charge is 2.64. The van der Waals surface area contributed by atoms with Gasteiger partial charge in [0.2, 0.25) is 10.0 Å². The molecule has 1 fully saturated rings. The Labute approximate surface area is 264 Å². The normalized spacial score (nSPS) is 19.2. The Bertz CT molecular complexity index is 1150. The van der Waals surface area contributed by atoms with Gasteiger partial charge in [0.05, 0.1) is 11.9 Å². The minimum atomic E-state index is -4.48. The number of urea groups is 2. The van der Waals surface area contributed by atoms with Crippen LogP contribution in [0.1, 0.15) is 143 Å². The lowest BCUT2D eigenvalue weighted by atomic mass is 9.95. The maximum atomic E-state index is 13.7. The summed E-state index contributed by atoms with van der Waals surface area (Å²) in [7, 11) is -8.31. The summed E-state index contributed by atoms with van der Waals surface area (Å²) in [4.78, 5) is 42.6. The summed E-state index contributed by atoms with van der Waals surface area (Å²) >= 11 is 0. The van der Waals surface area contributed by atoms with Gasteiger partial charge < -0.3 is 10.1 Å². The average Bonchev–Trinajstić information content (AvgIpc) is 3.28. The van der Waals surface area contributed by atoms with Crippen molar-refractivity contribution in [2.75, 3.05) is 12.4 Å². The lowest BCUT2D eigenvalue weighted by Gasteiger charge is -2.44. The molecule has 2 rings (SSSR count). The van der Waals surface area contributed by atoms with Crippen LogP contribution >= 0.6 is 7.83 Å². The number of hydrogen-bond donors (Lipinski definition) is 1. The van der Waals surface area contributed by atoms with Crippen molar-refractivity contribution in [1.82, 2.24) is 14.3 Å². The summed E-state index contributed by atoms with van der Waals surface area (Å²) in [5.74, 6) is -1.80. The first-order valence-corrected chi connectivity index (χ1v) is 19.3. The van der Waals surface area contributed by atoms with E-state index in [1.807, 2.05) is 0 Å². The molecule has 12 nitrogen and oxygen atoms in total. The van der Waals surface area contributed by atoms with Crippen LogP contribution in [0.3, 0.4) is 0 Å². The van der Waals surface area contributed by atoms with Gasteiger partial charge in [0.25, 0.3) is 5.91 Å². The predicted octanol–water partition coefficient (Wildman–Crippen LogP) is 7.39. The molecule has 0 aromatic rings. The number of carbonyl (C=O) groups is 3. The number of aliphatic imine (C=N–C) groups is 1. The zero-order chi connectivity index (χ0) is 32.6. The van der Waals surface area contributed by atoms with Crippen LogP contribution in [-0.4, -0.2) is 65.2 Å². The number of hydrogen-bond acceptors (Lipinski definition) is 8. The van der Waals surface area contributed by atoms with E-state index in [1.165, 1.54) is 44.9 Å². The van der Waals surface area contributed by atoms with Crippen molar-refractivity contribution in [3.63, 3.8) is 0 Å². The van der Waals surface area contributed by atoms with E-state index in [0.29, 0.717) is 17.3 Å². The molecule has 0 spiro atoms. The Morgan fingerprint density at radius 1 is 0.795 bits per heavy atom. The first-order valence-electron chi connectivity index (χ1n) is 16.6. The van der Waals surface area contributed by atoms with Crippen molar-refractivity contribution in [2.24, 2.45) is 4.99 Å². The number of nitrogens with zero attached hydrogens (tertiary/aromatic N) is 3. The van der Waals surface area contributed by atoms with Crippen LogP contribution in [0.5, 0.6) is 0 Å². The van der Waals surface area contributed by atoms with E-state index in [-0.39, 0.29) is 17.5 Å². The second kappa shape index (κ2) is 19.4. The molecule has 2 aliphatic heterocycles. The SMILES string of the molecule is CCCCCCCCCCCOC(C)CC12NC(=O)N=C1C(=O)N(P(=O)=O)C(=O)N2S(=O)(=O)CCCCCCCCCCC. The van der Waals surface area contributed by atoms with E-state index < -0.39 is 59.1 Å². The van der Waals surface area contributed by atoms with E-state index in [0.717, 1.165) is 57.8 Å². The van der Waals surface area contributed by atoms with Gasteiger partial charge in [-0.15, -0.1) is 4.67 Å². The van der Waals surface area contributed by atoms with Crippen molar-refractivity contribution >= 4 is 41.5 Å². The number of imide groups is 1. The zero-order valence-corrected chi connectivity index (χ0v) is 28.6. The Kier molecular flexibility index (Phi) is 16.8. The molecular formula is C30H53N4O8PS. The lowest BCUT2D eigenvalue weighted by Crippen LogP contribution is -2.74. The monoisotopic (exact) mass is 660 g/mol. The minimum Gasteiger partial charge on any atom is -0.378 e. The van der Waals surface area contributed by atoms with Crippen LogP contribution in [0.25, 0.3) is 0 Å². The molecule has 2 unspecified atom stereocenters. The van der Waals surface area contributed by atoms with Gasteiger partial charge in [-0.05, 0) is 19.8 Å². The van der Waals surface area contributed by atoms with Crippen LogP contribution in [0.2, 0.25) is 0 Å². The van der Waals surface area contributed by atoms with Crippen LogP contribution in [-0.2, 0) is 28.7 Å². The van der Waals surface area contributed by atoms with Crippen molar-refractivity contribution in [3.05, 3.63) is 0 Å². The van der Waals surface area contributed by atoms with Gasteiger partial charge >= 0.3 is 19.9 Å². The van der Waals surface area contributed by atoms with E-state index in [9.17, 15) is 31.9 Å². The number of sulfonamides is 1. The van der Waals surface area contributed by atoms with Gasteiger partial charge in [0, 0.05) is 13.0 Å². The quantitative estimate of drug-likeness (QED) is 0.0784. The molecule has 0 radical (unpaired) electrons. The second-order valence-corrected chi connectivity index (χ2v) is 14.8. The third kappa shape index (κ3) is 11.1. The molecule has 44 heavy (non-hydrogen) atoms. The van der Waals surface area contributed by atoms with Gasteiger partial charge in [-0.25, -0.2) is 27.1 Å². The molecule has 0 aromatic heterocycles. The third-order valence-corrected chi connectivity index (χ3v) is 10.7. The Balaban J connectivity index is 2.07. The predicted molar refractivity (Wildman–Crippen MR) is 169 cm³/mol. The zero-order valence-electron chi connectivity index (χ0n) is 26.9. The van der Waals surface area contributed by atoms with Crippen LogP contribution in [0, 0.1) is 0 Å². The van der Waals surface area contributed by atoms with Crippen LogP contribution in [0.4, 0.5) is 9.59 Å². The number of rotatable bonds is 25. The smallest absolute Gasteiger partial charge is 0.378 e. The summed E-state index contributed by atoms with van der Waals surface area (Å²) in [5, 5.41) is 2.41. The number of ether oxygens (including phenoxy) is 1. The topological polar surface area (TPSA) is 160 Å². The standard InChI is InChI=1S/C30H53N4O8PS/c1-4-6-8-10-12-14-16-18-20-22-42-25(3)24-30-26(31-28(36)32-30)27(35)33(43(38)39)29(37)34(30)44(40,41)23-21-19-17-15-13-11-9-7-5-2/h25H,4-24H2,1-3H3,(H,32,36).